The molecule has 0 aliphatic heterocycles. The summed E-state index contributed by atoms with van der Waals surface area (Å²) in [4.78, 5) is 16.5. The van der Waals surface area contributed by atoms with E-state index in [0.717, 1.165) is 16.8 Å². The number of hydrogen-bond donors (Lipinski definition) is 1. The first-order valence-corrected chi connectivity index (χ1v) is 6.85. The topological polar surface area (TPSA) is 49.7 Å². The SMILES string of the molecule is Cc1ccc(C)c(N=CC2=C(O)CC(C)(C)CC2=O)c1. The normalized spacial score (nSPS) is 18.9. The first-order chi connectivity index (χ1) is 9.28. The van der Waals surface area contributed by atoms with E-state index < -0.39 is 0 Å². The maximum atomic E-state index is 12.1. The fraction of sp³-hybridized carbons (Fsp3) is 0.412. The summed E-state index contributed by atoms with van der Waals surface area (Å²) in [6.45, 7) is 7.95. The number of rotatable bonds is 2. The molecule has 0 fully saturated rings. The zero-order chi connectivity index (χ0) is 14.9. The van der Waals surface area contributed by atoms with Crippen molar-refractivity contribution < 1.29 is 9.90 Å². The van der Waals surface area contributed by atoms with Gasteiger partial charge in [-0.1, -0.05) is 26.0 Å². The van der Waals surface area contributed by atoms with Gasteiger partial charge in [-0.15, -0.1) is 0 Å². The first-order valence-electron chi connectivity index (χ1n) is 6.85. The lowest BCUT2D eigenvalue weighted by Crippen LogP contribution is -2.26. The van der Waals surface area contributed by atoms with Gasteiger partial charge in [-0.05, 0) is 36.5 Å². The van der Waals surface area contributed by atoms with Crippen LogP contribution in [0.5, 0.6) is 0 Å². The van der Waals surface area contributed by atoms with E-state index in [1.807, 2.05) is 45.9 Å². The van der Waals surface area contributed by atoms with Gasteiger partial charge in [-0.2, -0.15) is 0 Å². The molecule has 20 heavy (non-hydrogen) atoms. The van der Waals surface area contributed by atoms with E-state index in [0.29, 0.717) is 18.4 Å². The number of aliphatic hydroxyl groups excluding tert-OH is 1. The Labute approximate surface area is 120 Å². The Morgan fingerprint density at radius 1 is 1.25 bits per heavy atom. The molecule has 0 radical (unpaired) electrons. The summed E-state index contributed by atoms with van der Waals surface area (Å²) in [5, 5.41) is 10.0. The number of Topliss-reactive ketones (excluding diaryl/α,β-unsaturated/α-hetero) is 1. The average molecular weight is 271 g/mol. The fourth-order valence-corrected chi connectivity index (χ4v) is 2.44. The van der Waals surface area contributed by atoms with Crippen LogP contribution in [0.2, 0.25) is 0 Å². The zero-order valence-electron chi connectivity index (χ0n) is 12.5. The second-order valence-corrected chi connectivity index (χ2v) is 6.35. The molecule has 106 valence electrons. The molecule has 1 aromatic carbocycles. The summed E-state index contributed by atoms with van der Waals surface area (Å²) in [6.07, 6.45) is 2.48. The van der Waals surface area contributed by atoms with Gasteiger partial charge in [-0.25, -0.2) is 0 Å². The molecule has 1 N–H and O–H groups in total. The minimum absolute atomic E-state index is 0.0344. The molecule has 1 aromatic rings. The zero-order valence-corrected chi connectivity index (χ0v) is 12.5. The minimum atomic E-state index is -0.169. The molecule has 0 saturated heterocycles. The molecule has 0 bridgehead atoms. The first kappa shape index (κ1) is 14.5. The number of hydrogen-bond acceptors (Lipinski definition) is 3. The van der Waals surface area contributed by atoms with E-state index in [2.05, 4.69) is 4.99 Å². The third kappa shape index (κ3) is 3.16. The average Bonchev–Trinajstić information content (AvgIpc) is 2.30. The number of aliphatic hydroxyl groups is 1. The number of carbonyl (C=O) groups excluding carboxylic acids is 1. The van der Waals surface area contributed by atoms with Crippen molar-refractivity contribution >= 4 is 17.7 Å². The number of aliphatic imine (C=N–C) groups is 1. The van der Waals surface area contributed by atoms with Crippen molar-refractivity contribution in [2.24, 2.45) is 10.4 Å². The maximum Gasteiger partial charge on any atom is 0.168 e. The highest BCUT2D eigenvalue weighted by molar-refractivity contribution is 6.14. The molecular weight excluding hydrogens is 250 g/mol. The predicted molar refractivity (Wildman–Crippen MR) is 81.7 cm³/mol. The summed E-state index contributed by atoms with van der Waals surface area (Å²) >= 11 is 0. The quantitative estimate of drug-likeness (QED) is 0.819. The van der Waals surface area contributed by atoms with Gasteiger partial charge in [0.2, 0.25) is 0 Å². The van der Waals surface area contributed by atoms with Gasteiger partial charge in [0.05, 0.1) is 11.3 Å². The van der Waals surface area contributed by atoms with Crippen LogP contribution in [0.4, 0.5) is 5.69 Å². The van der Waals surface area contributed by atoms with Crippen LogP contribution in [0, 0.1) is 19.3 Å². The molecule has 0 amide bonds. The van der Waals surface area contributed by atoms with E-state index in [1.165, 1.54) is 6.21 Å². The van der Waals surface area contributed by atoms with Crippen LogP contribution in [-0.2, 0) is 4.79 Å². The van der Waals surface area contributed by atoms with Crippen molar-refractivity contribution in [1.29, 1.82) is 0 Å². The van der Waals surface area contributed by atoms with E-state index in [4.69, 9.17) is 0 Å². The number of allylic oxidation sites excluding steroid dienone is 2. The van der Waals surface area contributed by atoms with Crippen LogP contribution < -0.4 is 0 Å². The Kier molecular flexibility index (Phi) is 3.80. The van der Waals surface area contributed by atoms with Crippen LogP contribution in [0.3, 0.4) is 0 Å². The number of nitrogens with zero attached hydrogens (tertiary/aromatic N) is 1. The van der Waals surface area contributed by atoms with Gasteiger partial charge in [0.15, 0.2) is 5.78 Å². The Bertz CT molecular complexity index is 609. The predicted octanol–water partition coefficient (Wildman–Crippen LogP) is 4.21. The molecule has 0 saturated carbocycles. The van der Waals surface area contributed by atoms with Gasteiger partial charge in [-0.3, -0.25) is 9.79 Å². The fourth-order valence-electron chi connectivity index (χ4n) is 2.44. The van der Waals surface area contributed by atoms with Crippen molar-refractivity contribution in [3.8, 4) is 0 Å². The van der Waals surface area contributed by atoms with Gasteiger partial charge in [0.1, 0.15) is 5.76 Å². The third-order valence-electron chi connectivity index (χ3n) is 3.59. The number of aryl methyl sites for hydroxylation is 2. The lowest BCUT2D eigenvalue weighted by molar-refractivity contribution is -0.117. The van der Waals surface area contributed by atoms with E-state index in [1.54, 1.807) is 0 Å². The van der Waals surface area contributed by atoms with E-state index >= 15 is 0 Å². The van der Waals surface area contributed by atoms with Gasteiger partial charge in [0, 0.05) is 19.1 Å². The van der Waals surface area contributed by atoms with Crippen molar-refractivity contribution in [1.82, 2.24) is 0 Å². The number of ketones is 1. The Hall–Kier alpha value is -1.90. The Morgan fingerprint density at radius 2 is 1.95 bits per heavy atom. The maximum absolute atomic E-state index is 12.1. The third-order valence-corrected chi connectivity index (χ3v) is 3.59. The van der Waals surface area contributed by atoms with Crippen LogP contribution in [0.15, 0.2) is 34.5 Å². The van der Waals surface area contributed by atoms with Crippen LogP contribution in [0.1, 0.15) is 37.8 Å². The number of carbonyl (C=O) groups is 1. The highest BCUT2D eigenvalue weighted by atomic mass is 16.3. The van der Waals surface area contributed by atoms with Crippen molar-refractivity contribution in [3.63, 3.8) is 0 Å². The Balaban J connectivity index is 2.31. The van der Waals surface area contributed by atoms with Crippen LogP contribution >= 0.6 is 0 Å². The highest BCUT2D eigenvalue weighted by Gasteiger charge is 2.32. The summed E-state index contributed by atoms with van der Waals surface area (Å²) in [6, 6.07) is 6.00. The molecule has 3 heteroatoms. The molecule has 0 aromatic heterocycles. The van der Waals surface area contributed by atoms with Gasteiger partial charge in [0.25, 0.3) is 0 Å². The minimum Gasteiger partial charge on any atom is -0.511 e. The smallest absolute Gasteiger partial charge is 0.168 e. The summed E-state index contributed by atoms with van der Waals surface area (Å²) in [5.74, 6) is 0.119. The molecule has 1 aliphatic rings. The van der Waals surface area contributed by atoms with Crippen molar-refractivity contribution in [2.45, 2.75) is 40.5 Å². The standard InChI is InChI=1S/C17H21NO2/c1-11-5-6-12(2)14(7-11)18-10-13-15(19)8-17(3,4)9-16(13)20/h5-7,10,19H,8-9H2,1-4H3. The van der Waals surface area contributed by atoms with Crippen molar-refractivity contribution in [3.05, 3.63) is 40.7 Å². The van der Waals surface area contributed by atoms with Gasteiger partial charge >= 0.3 is 0 Å². The molecule has 0 spiro atoms. The summed E-state index contributed by atoms with van der Waals surface area (Å²) in [7, 11) is 0. The highest BCUT2D eigenvalue weighted by Crippen LogP contribution is 2.35. The second-order valence-electron chi connectivity index (χ2n) is 6.35. The summed E-state index contributed by atoms with van der Waals surface area (Å²) < 4.78 is 0. The Morgan fingerprint density at radius 3 is 2.60 bits per heavy atom. The molecule has 2 rings (SSSR count). The van der Waals surface area contributed by atoms with Crippen LogP contribution in [-0.4, -0.2) is 17.1 Å². The van der Waals surface area contributed by atoms with Crippen LogP contribution in [0.25, 0.3) is 0 Å². The van der Waals surface area contributed by atoms with E-state index in [-0.39, 0.29) is 17.0 Å². The molecule has 0 unspecified atom stereocenters. The summed E-state index contributed by atoms with van der Waals surface area (Å²) in [5.41, 5.74) is 3.19. The van der Waals surface area contributed by atoms with Gasteiger partial charge < -0.3 is 5.11 Å². The van der Waals surface area contributed by atoms with E-state index in [9.17, 15) is 9.90 Å². The molecular formula is C17H21NO2. The molecule has 3 nitrogen and oxygen atoms in total. The lowest BCUT2D eigenvalue weighted by Gasteiger charge is -2.28. The lowest BCUT2D eigenvalue weighted by atomic mass is 9.77. The monoisotopic (exact) mass is 271 g/mol. The molecule has 0 heterocycles. The molecule has 0 atom stereocenters. The second kappa shape index (κ2) is 5.23. The van der Waals surface area contributed by atoms with Crippen molar-refractivity contribution in [2.75, 3.05) is 0 Å². The largest absolute Gasteiger partial charge is 0.511 e. The number of benzene rings is 1. The molecule has 1 aliphatic carbocycles.